The molecule has 5 heteroatoms. The van der Waals surface area contributed by atoms with E-state index in [-0.39, 0.29) is 5.91 Å². The smallest absolute Gasteiger partial charge is 0.255 e. The van der Waals surface area contributed by atoms with Crippen LogP contribution in [0.4, 0.5) is 0 Å². The second-order valence-corrected chi connectivity index (χ2v) is 6.71. The molecule has 138 valence electrons. The maximum atomic E-state index is 12.5. The zero-order chi connectivity index (χ0) is 18.2. The van der Waals surface area contributed by atoms with Crippen molar-refractivity contribution in [2.24, 2.45) is 5.92 Å². The fourth-order valence-electron chi connectivity index (χ4n) is 3.36. The minimum atomic E-state index is -0.0479. The van der Waals surface area contributed by atoms with E-state index in [1.165, 1.54) is 5.56 Å². The van der Waals surface area contributed by atoms with Gasteiger partial charge in [0.05, 0.1) is 12.2 Å². The van der Waals surface area contributed by atoms with Gasteiger partial charge < -0.3 is 10.1 Å². The van der Waals surface area contributed by atoms with Crippen LogP contribution in [0.1, 0.15) is 35.7 Å². The molecule has 1 aromatic carbocycles. The predicted octanol–water partition coefficient (Wildman–Crippen LogP) is 3.12. The minimum Gasteiger partial charge on any atom is -0.493 e. The quantitative estimate of drug-likeness (QED) is 0.831. The predicted molar refractivity (Wildman–Crippen MR) is 102 cm³/mol. The summed E-state index contributed by atoms with van der Waals surface area (Å²) in [6.07, 6.45) is 5.91. The van der Waals surface area contributed by atoms with Crippen molar-refractivity contribution in [1.29, 1.82) is 0 Å². The summed E-state index contributed by atoms with van der Waals surface area (Å²) in [6.45, 7) is 6.32. The summed E-state index contributed by atoms with van der Waals surface area (Å²) in [5, 5.41) is 3.09. The SMILES string of the molecule is CCOc1ccccc1C(=O)NCC1CCN(Cc2ccncc2)CC1. The number of piperidine rings is 1. The number of nitrogens with zero attached hydrogens (tertiary/aromatic N) is 2. The molecule has 1 aliphatic rings. The summed E-state index contributed by atoms with van der Waals surface area (Å²) >= 11 is 0. The molecular weight excluding hydrogens is 326 g/mol. The number of para-hydroxylation sites is 1. The molecule has 0 unspecified atom stereocenters. The van der Waals surface area contributed by atoms with E-state index >= 15 is 0 Å². The molecule has 1 amide bonds. The Hall–Kier alpha value is -2.40. The van der Waals surface area contributed by atoms with Gasteiger partial charge in [-0.1, -0.05) is 12.1 Å². The van der Waals surface area contributed by atoms with Gasteiger partial charge >= 0.3 is 0 Å². The molecule has 1 aliphatic heterocycles. The molecule has 5 nitrogen and oxygen atoms in total. The third-order valence-corrected chi connectivity index (χ3v) is 4.85. The number of benzene rings is 1. The largest absolute Gasteiger partial charge is 0.493 e. The fourth-order valence-corrected chi connectivity index (χ4v) is 3.36. The second kappa shape index (κ2) is 9.34. The van der Waals surface area contributed by atoms with Gasteiger partial charge in [-0.05, 0) is 68.6 Å². The van der Waals surface area contributed by atoms with Gasteiger partial charge in [0.25, 0.3) is 5.91 Å². The van der Waals surface area contributed by atoms with Crippen LogP contribution in [-0.4, -0.2) is 42.0 Å². The van der Waals surface area contributed by atoms with Gasteiger partial charge in [0.1, 0.15) is 5.75 Å². The van der Waals surface area contributed by atoms with Gasteiger partial charge in [-0.25, -0.2) is 0 Å². The van der Waals surface area contributed by atoms with Crippen molar-refractivity contribution in [3.05, 3.63) is 59.9 Å². The van der Waals surface area contributed by atoms with Crippen molar-refractivity contribution in [2.75, 3.05) is 26.2 Å². The number of pyridine rings is 1. The van der Waals surface area contributed by atoms with E-state index in [4.69, 9.17) is 4.74 Å². The number of hydrogen-bond donors (Lipinski definition) is 1. The Balaban J connectivity index is 1.44. The number of hydrogen-bond acceptors (Lipinski definition) is 4. The van der Waals surface area contributed by atoms with Gasteiger partial charge in [0.2, 0.25) is 0 Å². The Morgan fingerprint density at radius 3 is 2.65 bits per heavy atom. The Morgan fingerprint density at radius 1 is 1.19 bits per heavy atom. The average molecular weight is 353 g/mol. The van der Waals surface area contributed by atoms with Gasteiger partial charge in [0, 0.05) is 25.5 Å². The Labute approximate surface area is 155 Å². The lowest BCUT2D eigenvalue weighted by Crippen LogP contribution is -2.38. The van der Waals surface area contributed by atoms with Crippen molar-refractivity contribution in [2.45, 2.75) is 26.3 Å². The van der Waals surface area contributed by atoms with Gasteiger partial charge in [0.15, 0.2) is 0 Å². The third-order valence-electron chi connectivity index (χ3n) is 4.85. The standard InChI is InChI=1S/C21H27N3O2/c1-2-26-20-6-4-3-5-19(20)21(25)23-15-17-9-13-24(14-10-17)16-18-7-11-22-12-8-18/h3-8,11-12,17H,2,9-10,13-16H2,1H3,(H,23,25). The summed E-state index contributed by atoms with van der Waals surface area (Å²) in [5.74, 6) is 1.14. The molecule has 1 aromatic heterocycles. The van der Waals surface area contributed by atoms with E-state index in [9.17, 15) is 4.79 Å². The van der Waals surface area contributed by atoms with Crippen LogP contribution < -0.4 is 10.1 Å². The number of carbonyl (C=O) groups excluding carboxylic acids is 1. The highest BCUT2D eigenvalue weighted by atomic mass is 16.5. The summed E-state index contributed by atoms with van der Waals surface area (Å²) in [6, 6.07) is 11.6. The van der Waals surface area contributed by atoms with E-state index in [0.29, 0.717) is 23.8 Å². The molecule has 0 bridgehead atoms. The van der Waals surface area contributed by atoms with E-state index in [1.54, 1.807) is 0 Å². The molecule has 26 heavy (non-hydrogen) atoms. The van der Waals surface area contributed by atoms with Gasteiger partial charge in [-0.2, -0.15) is 0 Å². The second-order valence-electron chi connectivity index (χ2n) is 6.71. The van der Waals surface area contributed by atoms with Crippen molar-refractivity contribution in [3.63, 3.8) is 0 Å². The molecule has 3 rings (SSSR count). The lowest BCUT2D eigenvalue weighted by atomic mass is 9.96. The number of rotatable bonds is 7. The lowest BCUT2D eigenvalue weighted by Gasteiger charge is -2.32. The van der Waals surface area contributed by atoms with E-state index in [1.807, 2.05) is 43.6 Å². The molecular formula is C21H27N3O2. The van der Waals surface area contributed by atoms with Crippen LogP contribution >= 0.6 is 0 Å². The minimum absolute atomic E-state index is 0.0479. The molecule has 2 heterocycles. The van der Waals surface area contributed by atoms with E-state index < -0.39 is 0 Å². The number of ether oxygens (including phenoxy) is 1. The molecule has 2 aromatic rings. The van der Waals surface area contributed by atoms with Crippen LogP contribution in [0.2, 0.25) is 0 Å². The van der Waals surface area contributed by atoms with Gasteiger partial charge in [-0.15, -0.1) is 0 Å². The van der Waals surface area contributed by atoms with Crippen LogP contribution in [0.15, 0.2) is 48.8 Å². The molecule has 0 saturated carbocycles. The molecule has 1 fully saturated rings. The van der Waals surface area contributed by atoms with Crippen molar-refractivity contribution < 1.29 is 9.53 Å². The highest BCUT2D eigenvalue weighted by Gasteiger charge is 2.20. The van der Waals surface area contributed by atoms with E-state index in [2.05, 4.69) is 27.3 Å². The first-order chi connectivity index (χ1) is 12.8. The number of nitrogens with one attached hydrogen (secondary N) is 1. The van der Waals surface area contributed by atoms with Crippen molar-refractivity contribution >= 4 is 5.91 Å². The third kappa shape index (κ3) is 5.05. The molecule has 0 atom stereocenters. The summed E-state index contributed by atoms with van der Waals surface area (Å²) < 4.78 is 5.55. The van der Waals surface area contributed by atoms with Crippen LogP contribution in [-0.2, 0) is 6.54 Å². The Kier molecular flexibility index (Phi) is 6.61. The van der Waals surface area contributed by atoms with Crippen molar-refractivity contribution in [3.8, 4) is 5.75 Å². The zero-order valence-electron chi connectivity index (χ0n) is 15.4. The molecule has 0 aliphatic carbocycles. The summed E-state index contributed by atoms with van der Waals surface area (Å²) in [7, 11) is 0. The van der Waals surface area contributed by atoms with Crippen molar-refractivity contribution in [1.82, 2.24) is 15.2 Å². The molecule has 0 radical (unpaired) electrons. The maximum Gasteiger partial charge on any atom is 0.255 e. The summed E-state index contributed by atoms with van der Waals surface area (Å²) in [5.41, 5.74) is 1.92. The van der Waals surface area contributed by atoms with Crippen LogP contribution in [0.5, 0.6) is 5.75 Å². The van der Waals surface area contributed by atoms with Crippen LogP contribution in [0.3, 0.4) is 0 Å². The topological polar surface area (TPSA) is 54.5 Å². The van der Waals surface area contributed by atoms with Gasteiger partial charge in [-0.3, -0.25) is 14.7 Å². The highest BCUT2D eigenvalue weighted by Crippen LogP contribution is 2.20. The van der Waals surface area contributed by atoms with Crippen LogP contribution in [0, 0.1) is 5.92 Å². The first-order valence-electron chi connectivity index (χ1n) is 9.37. The number of aromatic nitrogens is 1. The Bertz CT molecular complexity index is 697. The zero-order valence-corrected chi connectivity index (χ0v) is 15.4. The average Bonchev–Trinajstić information content (AvgIpc) is 2.69. The maximum absolute atomic E-state index is 12.5. The summed E-state index contributed by atoms with van der Waals surface area (Å²) in [4.78, 5) is 19.0. The Morgan fingerprint density at radius 2 is 1.92 bits per heavy atom. The molecule has 1 N–H and O–H groups in total. The number of likely N-dealkylation sites (tertiary alicyclic amines) is 1. The first kappa shape index (κ1) is 18.4. The molecule has 0 spiro atoms. The van der Waals surface area contributed by atoms with E-state index in [0.717, 1.165) is 39.0 Å². The monoisotopic (exact) mass is 353 g/mol. The normalized spacial score (nSPS) is 15.6. The number of amides is 1. The first-order valence-corrected chi connectivity index (χ1v) is 9.37. The highest BCUT2D eigenvalue weighted by molar-refractivity contribution is 5.96. The lowest BCUT2D eigenvalue weighted by molar-refractivity contribution is 0.0931. The van der Waals surface area contributed by atoms with Crippen LogP contribution in [0.25, 0.3) is 0 Å². The number of carbonyl (C=O) groups is 1. The molecule has 1 saturated heterocycles. The fraction of sp³-hybridized carbons (Fsp3) is 0.429.